The first kappa shape index (κ1) is 17.0. The zero-order valence-electron chi connectivity index (χ0n) is 12.5. The van der Waals surface area contributed by atoms with Crippen molar-refractivity contribution in [3.05, 3.63) is 63.4 Å². The van der Waals surface area contributed by atoms with Crippen LogP contribution in [-0.2, 0) is 10.5 Å². The van der Waals surface area contributed by atoms with Crippen molar-refractivity contribution in [2.45, 2.75) is 19.6 Å². The van der Waals surface area contributed by atoms with Crippen LogP contribution in [0.2, 0.25) is 0 Å². The first-order chi connectivity index (χ1) is 10.5. The van der Waals surface area contributed by atoms with Crippen molar-refractivity contribution in [2.24, 2.45) is 0 Å². The molecule has 0 bridgehead atoms. The van der Waals surface area contributed by atoms with Crippen LogP contribution in [0.3, 0.4) is 0 Å². The molecular weight excluding hydrogens is 365 g/mol. The van der Waals surface area contributed by atoms with Crippen molar-refractivity contribution in [1.29, 1.82) is 0 Å². The van der Waals surface area contributed by atoms with Crippen molar-refractivity contribution in [2.75, 3.05) is 11.1 Å². The van der Waals surface area contributed by atoms with Gasteiger partial charge in [0.2, 0.25) is 5.91 Å². The largest absolute Gasteiger partial charge is 0.325 e. The van der Waals surface area contributed by atoms with Gasteiger partial charge in [-0.25, -0.2) is 4.39 Å². The van der Waals surface area contributed by atoms with Crippen LogP contribution in [-0.4, -0.2) is 11.7 Å². The molecule has 0 saturated carbocycles. The van der Waals surface area contributed by atoms with Crippen LogP contribution in [0.4, 0.5) is 10.1 Å². The highest BCUT2D eigenvalue weighted by Gasteiger charge is 2.07. The number of nitrogens with one attached hydrogen (secondary N) is 1. The number of amides is 1. The average molecular weight is 382 g/mol. The topological polar surface area (TPSA) is 29.1 Å². The molecule has 22 heavy (non-hydrogen) atoms. The third-order valence-corrected chi connectivity index (χ3v) is 4.65. The molecule has 0 fully saturated rings. The van der Waals surface area contributed by atoms with Gasteiger partial charge in [0.05, 0.1) is 5.75 Å². The summed E-state index contributed by atoms with van der Waals surface area (Å²) in [5.41, 5.74) is 3.57. The summed E-state index contributed by atoms with van der Waals surface area (Å²) in [4.78, 5) is 12.0. The molecule has 116 valence electrons. The highest BCUT2D eigenvalue weighted by molar-refractivity contribution is 9.10. The minimum absolute atomic E-state index is 0.0729. The monoisotopic (exact) mass is 381 g/mol. The molecule has 0 radical (unpaired) electrons. The Bertz CT molecular complexity index is 690. The number of carbonyl (C=O) groups is 1. The molecule has 5 heteroatoms. The van der Waals surface area contributed by atoms with Crippen LogP contribution in [0.15, 0.2) is 40.9 Å². The maximum atomic E-state index is 13.7. The zero-order chi connectivity index (χ0) is 16.1. The van der Waals surface area contributed by atoms with Crippen LogP contribution in [0.1, 0.15) is 16.7 Å². The smallest absolute Gasteiger partial charge is 0.234 e. The Morgan fingerprint density at radius 1 is 1.23 bits per heavy atom. The Hall–Kier alpha value is -1.33. The maximum Gasteiger partial charge on any atom is 0.234 e. The van der Waals surface area contributed by atoms with Crippen molar-refractivity contribution in [3.8, 4) is 0 Å². The van der Waals surface area contributed by atoms with E-state index >= 15 is 0 Å². The Kier molecular flexibility index (Phi) is 6.03. The van der Waals surface area contributed by atoms with Crippen molar-refractivity contribution < 1.29 is 9.18 Å². The molecule has 2 rings (SSSR count). The standard InChI is InChI=1S/C17H17BrFNOS/c1-11-3-4-12(2)16(7-11)20-17(21)10-22-9-13-5-6-14(18)8-15(13)19/h3-8H,9-10H2,1-2H3,(H,20,21). The second kappa shape index (κ2) is 7.79. The van der Waals surface area contributed by atoms with E-state index in [1.54, 1.807) is 12.1 Å². The molecule has 0 aromatic heterocycles. The predicted molar refractivity (Wildman–Crippen MR) is 94.8 cm³/mol. The van der Waals surface area contributed by atoms with Crippen LogP contribution < -0.4 is 5.32 Å². The number of hydrogen-bond donors (Lipinski definition) is 1. The number of benzene rings is 2. The van der Waals surface area contributed by atoms with Gasteiger partial charge in [-0.2, -0.15) is 0 Å². The van der Waals surface area contributed by atoms with Gasteiger partial charge < -0.3 is 5.32 Å². The number of hydrogen-bond acceptors (Lipinski definition) is 2. The zero-order valence-corrected chi connectivity index (χ0v) is 14.9. The molecule has 0 aliphatic carbocycles. The van der Waals surface area contributed by atoms with E-state index < -0.39 is 0 Å². The van der Waals surface area contributed by atoms with Gasteiger partial charge in [0, 0.05) is 15.9 Å². The first-order valence-corrected chi connectivity index (χ1v) is 8.79. The summed E-state index contributed by atoms with van der Waals surface area (Å²) in [7, 11) is 0. The summed E-state index contributed by atoms with van der Waals surface area (Å²) in [6.45, 7) is 3.94. The highest BCUT2D eigenvalue weighted by Crippen LogP contribution is 2.21. The van der Waals surface area contributed by atoms with Gasteiger partial charge in [-0.3, -0.25) is 4.79 Å². The lowest BCUT2D eigenvalue weighted by Crippen LogP contribution is -2.15. The third-order valence-electron chi connectivity index (χ3n) is 3.17. The lowest BCUT2D eigenvalue weighted by Gasteiger charge is -2.09. The van der Waals surface area contributed by atoms with Gasteiger partial charge in [0.1, 0.15) is 5.82 Å². The molecular formula is C17H17BrFNOS. The van der Waals surface area contributed by atoms with E-state index in [4.69, 9.17) is 0 Å². The molecule has 2 nitrogen and oxygen atoms in total. The van der Waals surface area contributed by atoms with Gasteiger partial charge in [-0.15, -0.1) is 11.8 Å². The lowest BCUT2D eigenvalue weighted by molar-refractivity contribution is -0.113. The second-order valence-corrected chi connectivity index (χ2v) is 7.00. The summed E-state index contributed by atoms with van der Waals surface area (Å²) in [6, 6.07) is 10.9. The van der Waals surface area contributed by atoms with Gasteiger partial charge in [0.25, 0.3) is 0 Å². The van der Waals surface area contributed by atoms with E-state index in [0.29, 0.717) is 21.5 Å². The van der Waals surface area contributed by atoms with Crippen molar-refractivity contribution in [1.82, 2.24) is 0 Å². The Morgan fingerprint density at radius 3 is 2.73 bits per heavy atom. The Labute approximate surface area is 142 Å². The van der Waals surface area contributed by atoms with Crippen molar-refractivity contribution in [3.63, 3.8) is 0 Å². The summed E-state index contributed by atoms with van der Waals surface area (Å²) >= 11 is 4.62. The molecule has 0 unspecified atom stereocenters. The first-order valence-electron chi connectivity index (χ1n) is 6.84. The van der Waals surface area contributed by atoms with E-state index in [1.807, 2.05) is 32.0 Å². The minimum Gasteiger partial charge on any atom is -0.325 e. The molecule has 0 spiro atoms. The van der Waals surface area contributed by atoms with Gasteiger partial charge in [-0.1, -0.05) is 34.1 Å². The van der Waals surface area contributed by atoms with Gasteiger partial charge in [-0.05, 0) is 48.7 Å². The van der Waals surface area contributed by atoms with Crippen LogP contribution in [0.25, 0.3) is 0 Å². The lowest BCUT2D eigenvalue weighted by atomic mass is 10.1. The maximum absolute atomic E-state index is 13.7. The van der Waals surface area contributed by atoms with Crippen LogP contribution in [0, 0.1) is 19.7 Å². The number of rotatable bonds is 5. The summed E-state index contributed by atoms with van der Waals surface area (Å²) in [6.07, 6.45) is 0. The van der Waals surface area contributed by atoms with Crippen LogP contribution >= 0.6 is 27.7 Å². The van der Waals surface area contributed by atoms with Gasteiger partial charge >= 0.3 is 0 Å². The SMILES string of the molecule is Cc1ccc(C)c(NC(=O)CSCc2ccc(Br)cc2F)c1. The fourth-order valence-electron chi connectivity index (χ4n) is 1.95. The van der Waals surface area contributed by atoms with E-state index in [-0.39, 0.29) is 11.7 Å². The third kappa shape index (κ3) is 4.85. The van der Waals surface area contributed by atoms with E-state index in [0.717, 1.165) is 16.8 Å². The second-order valence-electron chi connectivity index (χ2n) is 5.10. The van der Waals surface area contributed by atoms with Gasteiger partial charge in [0.15, 0.2) is 0 Å². The molecule has 0 aliphatic heterocycles. The molecule has 0 heterocycles. The Balaban J connectivity index is 1.86. The fourth-order valence-corrected chi connectivity index (χ4v) is 3.10. The molecule has 1 N–H and O–H groups in total. The number of anilines is 1. The number of carbonyl (C=O) groups excluding carboxylic acids is 1. The number of aryl methyl sites for hydroxylation is 2. The molecule has 1 amide bonds. The summed E-state index contributed by atoms with van der Waals surface area (Å²) < 4.78 is 14.4. The average Bonchev–Trinajstić information content (AvgIpc) is 2.45. The highest BCUT2D eigenvalue weighted by atomic mass is 79.9. The molecule has 2 aromatic carbocycles. The fraction of sp³-hybridized carbons (Fsp3) is 0.235. The summed E-state index contributed by atoms with van der Waals surface area (Å²) in [5.74, 6) is 0.440. The Morgan fingerprint density at radius 2 is 2.00 bits per heavy atom. The quantitative estimate of drug-likeness (QED) is 0.782. The molecule has 0 aliphatic rings. The normalized spacial score (nSPS) is 10.5. The van der Waals surface area contributed by atoms with E-state index in [1.165, 1.54) is 17.8 Å². The van der Waals surface area contributed by atoms with Crippen molar-refractivity contribution >= 4 is 39.3 Å². The number of halogens is 2. The van der Waals surface area contributed by atoms with E-state index in [9.17, 15) is 9.18 Å². The summed E-state index contributed by atoms with van der Waals surface area (Å²) in [5, 5.41) is 2.90. The minimum atomic E-state index is -0.253. The van der Waals surface area contributed by atoms with E-state index in [2.05, 4.69) is 21.2 Å². The molecule has 0 atom stereocenters. The van der Waals surface area contributed by atoms with Crippen LogP contribution in [0.5, 0.6) is 0 Å². The molecule has 0 saturated heterocycles. The number of thioether (sulfide) groups is 1. The predicted octanol–water partition coefficient (Wildman–Crippen LogP) is 5.08. The molecule has 2 aromatic rings.